The lowest BCUT2D eigenvalue weighted by Crippen LogP contribution is -2.48. The molecule has 0 aliphatic carbocycles. The molecule has 126 valence electrons. The van der Waals surface area contributed by atoms with Crippen molar-refractivity contribution in [2.45, 2.75) is 12.0 Å². The van der Waals surface area contributed by atoms with Gasteiger partial charge in [0.2, 0.25) is 0 Å². The average molecular weight is 351 g/mol. The minimum Gasteiger partial charge on any atom is -0.465 e. The molecule has 1 unspecified atom stereocenters. The van der Waals surface area contributed by atoms with Crippen molar-refractivity contribution in [1.82, 2.24) is 5.32 Å². The summed E-state index contributed by atoms with van der Waals surface area (Å²) < 4.78 is 20.1. The van der Waals surface area contributed by atoms with Crippen LogP contribution in [0.2, 0.25) is 0 Å². The van der Waals surface area contributed by atoms with E-state index < -0.39 is 17.4 Å². The molecule has 0 spiro atoms. The van der Waals surface area contributed by atoms with Crippen molar-refractivity contribution < 1.29 is 19.0 Å². The highest BCUT2D eigenvalue weighted by atomic mass is 32.2. The van der Waals surface area contributed by atoms with Gasteiger partial charge in [-0.05, 0) is 23.7 Å². The highest BCUT2D eigenvalue weighted by Crippen LogP contribution is 2.46. The fourth-order valence-corrected chi connectivity index (χ4v) is 4.17. The van der Waals surface area contributed by atoms with Crippen LogP contribution in [0.3, 0.4) is 0 Å². The number of azide groups is 1. The van der Waals surface area contributed by atoms with E-state index in [0.717, 1.165) is 0 Å². The van der Waals surface area contributed by atoms with Crippen LogP contribution in [0.1, 0.15) is 12.0 Å². The molecule has 2 aliphatic heterocycles. The van der Waals surface area contributed by atoms with E-state index >= 15 is 0 Å². The number of hydrogen-bond acceptors (Lipinski definition) is 5. The summed E-state index contributed by atoms with van der Waals surface area (Å²) in [5.41, 5.74) is 8.25. The van der Waals surface area contributed by atoms with E-state index in [1.165, 1.54) is 30.0 Å². The van der Waals surface area contributed by atoms with Gasteiger partial charge in [0.15, 0.2) is 5.17 Å². The van der Waals surface area contributed by atoms with E-state index in [2.05, 4.69) is 20.3 Å². The molecular formula is C14H14FN5O3S. The van der Waals surface area contributed by atoms with Crippen LogP contribution in [0.4, 0.5) is 14.9 Å². The molecule has 24 heavy (non-hydrogen) atoms. The molecule has 0 saturated carbocycles. The maximum absolute atomic E-state index is 14.6. The van der Waals surface area contributed by atoms with Gasteiger partial charge in [0.1, 0.15) is 5.82 Å². The largest absolute Gasteiger partial charge is 0.465 e. The van der Waals surface area contributed by atoms with Gasteiger partial charge in [0.25, 0.3) is 0 Å². The number of halogens is 1. The van der Waals surface area contributed by atoms with Crippen LogP contribution in [0, 0.1) is 11.7 Å². The SMILES string of the molecule is [N-]=[N+]=Nc1ccc(F)c([C@]23CCOCC2CSC(NC(=O)O)=N3)c1. The minimum atomic E-state index is -1.22. The van der Waals surface area contributed by atoms with Crippen molar-refractivity contribution in [2.24, 2.45) is 16.0 Å². The fraction of sp³-hybridized carbons (Fsp3) is 0.429. The predicted molar refractivity (Wildman–Crippen MR) is 86.9 cm³/mol. The highest BCUT2D eigenvalue weighted by molar-refractivity contribution is 8.13. The number of ether oxygens (including phenoxy) is 1. The van der Waals surface area contributed by atoms with E-state index in [4.69, 9.17) is 15.4 Å². The molecule has 1 saturated heterocycles. The number of nitrogens with one attached hydrogen (secondary N) is 1. The summed E-state index contributed by atoms with van der Waals surface area (Å²) in [6, 6.07) is 4.11. The zero-order valence-corrected chi connectivity index (χ0v) is 13.3. The molecule has 2 heterocycles. The molecule has 0 radical (unpaired) electrons. The van der Waals surface area contributed by atoms with Gasteiger partial charge in [0, 0.05) is 40.9 Å². The second kappa shape index (κ2) is 6.68. The van der Waals surface area contributed by atoms with Crippen molar-refractivity contribution in [1.29, 1.82) is 0 Å². The summed E-state index contributed by atoms with van der Waals surface area (Å²) in [7, 11) is 0. The summed E-state index contributed by atoms with van der Waals surface area (Å²) in [5.74, 6) is -0.0277. The van der Waals surface area contributed by atoms with Gasteiger partial charge in [-0.3, -0.25) is 10.3 Å². The number of hydrogen-bond donors (Lipinski definition) is 2. The third-order valence-corrected chi connectivity index (χ3v) is 5.17. The zero-order valence-electron chi connectivity index (χ0n) is 12.5. The first-order valence-electron chi connectivity index (χ1n) is 7.20. The number of carbonyl (C=O) groups is 1. The summed E-state index contributed by atoms with van der Waals surface area (Å²) in [6.07, 6.45) is -0.801. The van der Waals surface area contributed by atoms with E-state index in [0.29, 0.717) is 31.0 Å². The monoisotopic (exact) mass is 351 g/mol. The van der Waals surface area contributed by atoms with Gasteiger partial charge < -0.3 is 9.84 Å². The maximum atomic E-state index is 14.6. The standard InChI is InChI=1S/C14H14FN5O3S/c15-11-2-1-9(19-20-16)5-10(11)14-3-4-23-6-8(14)7-24-12(18-14)17-13(21)22/h1-2,5,8H,3-4,6-7H2,(H,17,18)(H,21,22)/t8?,14-/m0/s1. The van der Waals surface area contributed by atoms with Crippen LogP contribution < -0.4 is 5.32 Å². The van der Waals surface area contributed by atoms with E-state index in [1.807, 2.05) is 0 Å². The number of nitrogens with zero attached hydrogens (tertiary/aromatic N) is 4. The van der Waals surface area contributed by atoms with Crippen molar-refractivity contribution in [2.75, 3.05) is 19.0 Å². The fourth-order valence-electron chi connectivity index (χ4n) is 3.05. The molecule has 2 atom stereocenters. The Morgan fingerprint density at radius 2 is 2.46 bits per heavy atom. The molecular weight excluding hydrogens is 337 g/mol. The molecule has 2 N–H and O–H groups in total. The molecule has 8 nitrogen and oxygen atoms in total. The highest BCUT2D eigenvalue weighted by Gasteiger charge is 2.47. The number of carboxylic acid groups (broad SMARTS) is 1. The van der Waals surface area contributed by atoms with E-state index in [1.54, 1.807) is 0 Å². The maximum Gasteiger partial charge on any atom is 0.410 e. The Hall–Kier alpha value is -2.29. The van der Waals surface area contributed by atoms with Crippen LogP contribution in [-0.2, 0) is 10.3 Å². The molecule has 2 aliphatic rings. The lowest BCUT2D eigenvalue weighted by Gasteiger charge is -2.44. The molecule has 1 aromatic rings. The normalized spacial score (nSPS) is 25.9. The number of amides is 1. The first-order chi connectivity index (χ1) is 11.5. The van der Waals surface area contributed by atoms with Gasteiger partial charge in [-0.25, -0.2) is 9.18 Å². The van der Waals surface area contributed by atoms with Crippen LogP contribution in [0.15, 0.2) is 28.3 Å². The second-order valence-electron chi connectivity index (χ2n) is 5.46. The minimum absolute atomic E-state index is 0.105. The van der Waals surface area contributed by atoms with Gasteiger partial charge in [-0.15, -0.1) is 0 Å². The van der Waals surface area contributed by atoms with Crippen LogP contribution in [-0.4, -0.2) is 35.3 Å². The smallest absolute Gasteiger partial charge is 0.410 e. The summed E-state index contributed by atoms with van der Waals surface area (Å²) in [4.78, 5) is 18.2. The molecule has 1 fully saturated rings. The molecule has 0 bridgehead atoms. The molecule has 3 rings (SSSR count). The van der Waals surface area contributed by atoms with Crippen molar-refractivity contribution in [3.05, 3.63) is 40.0 Å². The first kappa shape index (κ1) is 16.6. The quantitative estimate of drug-likeness (QED) is 0.482. The summed E-state index contributed by atoms with van der Waals surface area (Å²) in [6.45, 7) is 0.790. The molecule has 1 aromatic carbocycles. The Balaban J connectivity index is 2.13. The molecule has 0 aromatic heterocycles. The Morgan fingerprint density at radius 1 is 1.62 bits per heavy atom. The van der Waals surface area contributed by atoms with Crippen LogP contribution in [0.25, 0.3) is 10.4 Å². The number of benzene rings is 1. The zero-order chi connectivity index (χ0) is 17.2. The number of fused-ring (bicyclic) bond motifs is 1. The Kier molecular flexibility index (Phi) is 4.61. The van der Waals surface area contributed by atoms with Gasteiger partial charge in [-0.2, -0.15) is 0 Å². The summed E-state index contributed by atoms with van der Waals surface area (Å²) in [5, 5.41) is 14.9. The summed E-state index contributed by atoms with van der Waals surface area (Å²) >= 11 is 1.26. The number of amidine groups is 1. The van der Waals surface area contributed by atoms with Crippen molar-refractivity contribution in [3.8, 4) is 0 Å². The Bertz CT molecular complexity index is 752. The van der Waals surface area contributed by atoms with E-state index in [-0.39, 0.29) is 16.8 Å². The van der Waals surface area contributed by atoms with Crippen molar-refractivity contribution in [3.63, 3.8) is 0 Å². The molecule has 1 amide bonds. The van der Waals surface area contributed by atoms with Crippen molar-refractivity contribution >= 4 is 28.7 Å². The molecule has 10 heteroatoms. The lowest BCUT2D eigenvalue weighted by molar-refractivity contribution is 0.00878. The van der Waals surface area contributed by atoms with Gasteiger partial charge >= 0.3 is 6.09 Å². The number of aliphatic imine (C=N–C) groups is 1. The topological polar surface area (TPSA) is 120 Å². The lowest BCUT2D eigenvalue weighted by atomic mass is 9.75. The second-order valence-corrected chi connectivity index (χ2v) is 6.47. The Morgan fingerprint density at radius 3 is 3.21 bits per heavy atom. The average Bonchev–Trinajstić information content (AvgIpc) is 2.56. The first-order valence-corrected chi connectivity index (χ1v) is 8.19. The third kappa shape index (κ3) is 3.03. The van der Waals surface area contributed by atoms with Crippen LogP contribution in [0.5, 0.6) is 0 Å². The van der Waals surface area contributed by atoms with Crippen LogP contribution >= 0.6 is 11.8 Å². The third-order valence-electron chi connectivity index (χ3n) is 4.13. The van der Waals surface area contributed by atoms with Gasteiger partial charge in [-0.1, -0.05) is 16.9 Å². The van der Waals surface area contributed by atoms with E-state index in [9.17, 15) is 9.18 Å². The van der Waals surface area contributed by atoms with Gasteiger partial charge in [0.05, 0.1) is 12.1 Å². The predicted octanol–water partition coefficient (Wildman–Crippen LogP) is 3.37. The Labute approximate surface area is 140 Å². The number of thioether (sulfide) groups is 1. The number of rotatable bonds is 2.